The summed E-state index contributed by atoms with van der Waals surface area (Å²) in [6.45, 7) is 2.14. The summed E-state index contributed by atoms with van der Waals surface area (Å²) in [6, 6.07) is 2.56. The van der Waals surface area contributed by atoms with Crippen LogP contribution in [0.2, 0.25) is 0 Å². The van der Waals surface area contributed by atoms with Crippen molar-refractivity contribution >= 4 is 27.3 Å². The zero-order valence-corrected chi connectivity index (χ0v) is 11.3. The number of rotatable bonds is 2. The van der Waals surface area contributed by atoms with Crippen molar-refractivity contribution in [3.05, 3.63) is 20.3 Å². The number of hydrogen-bond donors (Lipinski definition) is 1. The summed E-state index contributed by atoms with van der Waals surface area (Å²) < 4.78 is 1.25. The predicted octanol–water partition coefficient (Wildman–Crippen LogP) is 3.86. The predicted molar refractivity (Wildman–Crippen MR) is 68.0 cm³/mol. The molecule has 1 heterocycles. The molecule has 2 fully saturated rings. The normalized spacial score (nSPS) is 35.3. The first-order valence-electron chi connectivity index (χ1n) is 5.70. The lowest BCUT2D eigenvalue weighted by atomic mass is 10.0. The molecule has 0 bridgehead atoms. The van der Waals surface area contributed by atoms with E-state index in [4.69, 9.17) is 5.73 Å². The van der Waals surface area contributed by atoms with Crippen molar-refractivity contribution in [2.75, 3.05) is 0 Å². The highest BCUT2D eigenvalue weighted by Gasteiger charge is 2.55. The summed E-state index contributed by atoms with van der Waals surface area (Å²) in [5.74, 6) is 2.71. The van der Waals surface area contributed by atoms with Crippen LogP contribution >= 0.6 is 27.3 Å². The third kappa shape index (κ3) is 1.60. The molecule has 1 nitrogen and oxygen atoms in total. The zero-order valence-electron chi connectivity index (χ0n) is 8.87. The van der Waals surface area contributed by atoms with E-state index in [2.05, 4.69) is 28.9 Å². The fraction of sp³-hybridized carbons (Fsp3) is 0.667. The Balaban J connectivity index is 1.77. The van der Waals surface area contributed by atoms with Gasteiger partial charge in [-0.05, 0) is 65.1 Å². The summed E-state index contributed by atoms with van der Waals surface area (Å²) in [5.41, 5.74) is 7.69. The Morgan fingerprint density at radius 2 is 2.13 bits per heavy atom. The van der Waals surface area contributed by atoms with Crippen molar-refractivity contribution in [1.29, 1.82) is 0 Å². The molecule has 0 saturated heterocycles. The summed E-state index contributed by atoms with van der Waals surface area (Å²) in [4.78, 5) is 1.37. The van der Waals surface area contributed by atoms with Crippen molar-refractivity contribution in [2.45, 2.75) is 32.2 Å². The van der Waals surface area contributed by atoms with Crippen LogP contribution in [0.25, 0.3) is 0 Å². The van der Waals surface area contributed by atoms with Gasteiger partial charge in [0, 0.05) is 10.9 Å². The minimum absolute atomic E-state index is 0.301. The summed E-state index contributed by atoms with van der Waals surface area (Å²) in [7, 11) is 0. The second-order valence-electron chi connectivity index (χ2n) is 4.97. The molecular weight excluding hydrogens is 270 g/mol. The van der Waals surface area contributed by atoms with Gasteiger partial charge in [0.15, 0.2) is 0 Å². The first kappa shape index (κ1) is 10.3. The van der Waals surface area contributed by atoms with Crippen LogP contribution in [0, 0.1) is 24.7 Å². The van der Waals surface area contributed by atoms with Gasteiger partial charge < -0.3 is 5.73 Å². The van der Waals surface area contributed by atoms with Gasteiger partial charge in [-0.25, -0.2) is 0 Å². The summed E-state index contributed by atoms with van der Waals surface area (Å²) >= 11 is 5.40. The molecule has 15 heavy (non-hydrogen) atoms. The summed E-state index contributed by atoms with van der Waals surface area (Å²) in [6.07, 6.45) is 4.29. The van der Waals surface area contributed by atoms with Crippen LogP contribution in [-0.2, 0) is 0 Å². The highest BCUT2D eigenvalue weighted by Crippen LogP contribution is 2.62. The fourth-order valence-corrected chi connectivity index (χ4v) is 4.88. The van der Waals surface area contributed by atoms with Crippen LogP contribution < -0.4 is 5.73 Å². The molecule has 1 aromatic rings. The molecule has 0 radical (unpaired) electrons. The highest BCUT2D eigenvalue weighted by molar-refractivity contribution is 9.11. The maximum atomic E-state index is 6.36. The lowest BCUT2D eigenvalue weighted by Gasteiger charge is -2.11. The van der Waals surface area contributed by atoms with E-state index in [1.165, 1.54) is 33.5 Å². The molecule has 3 rings (SSSR count). The Hall–Kier alpha value is 0.140. The molecule has 2 aliphatic carbocycles. The molecule has 0 aliphatic heterocycles. The van der Waals surface area contributed by atoms with Crippen molar-refractivity contribution in [1.82, 2.24) is 0 Å². The second-order valence-corrected chi connectivity index (χ2v) is 7.37. The largest absolute Gasteiger partial charge is 0.323 e. The van der Waals surface area contributed by atoms with Gasteiger partial charge in [-0.2, -0.15) is 0 Å². The van der Waals surface area contributed by atoms with E-state index in [0.717, 1.165) is 17.8 Å². The average Bonchev–Trinajstić information content (AvgIpc) is 2.59. The number of nitrogens with two attached hydrogens (primary N) is 1. The quantitative estimate of drug-likeness (QED) is 0.877. The van der Waals surface area contributed by atoms with Gasteiger partial charge in [0.05, 0.1) is 3.79 Å². The minimum atomic E-state index is 0.301. The first-order chi connectivity index (χ1) is 7.18. The van der Waals surface area contributed by atoms with Crippen LogP contribution in [0.3, 0.4) is 0 Å². The second kappa shape index (κ2) is 3.57. The molecule has 2 N–H and O–H groups in total. The summed E-state index contributed by atoms with van der Waals surface area (Å²) in [5, 5.41) is 0. The maximum Gasteiger partial charge on any atom is 0.0731 e. The maximum absolute atomic E-state index is 6.36. The number of thiophene rings is 1. The molecule has 0 aromatic carbocycles. The van der Waals surface area contributed by atoms with E-state index in [0.29, 0.717) is 6.04 Å². The monoisotopic (exact) mass is 285 g/mol. The molecule has 2 saturated carbocycles. The van der Waals surface area contributed by atoms with Crippen molar-refractivity contribution in [3.8, 4) is 0 Å². The van der Waals surface area contributed by atoms with E-state index in [-0.39, 0.29) is 0 Å². The van der Waals surface area contributed by atoms with Gasteiger partial charge in [0.25, 0.3) is 0 Å². The Kier molecular flexibility index (Phi) is 2.45. The molecular formula is C12H16BrNS. The minimum Gasteiger partial charge on any atom is -0.323 e. The van der Waals surface area contributed by atoms with E-state index >= 15 is 0 Å². The highest BCUT2D eigenvalue weighted by atomic mass is 79.9. The van der Waals surface area contributed by atoms with Gasteiger partial charge in [0.2, 0.25) is 0 Å². The average molecular weight is 286 g/mol. The Bertz CT molecular complexity index is 357. The zero-order chi connectivity index (χ0) is 10.6. The van der Waals surface area contributed by atoms with Crippen LogP contribution in [0.15, 0.2) is 9.85 Å². The topological polar surface area (TPSA) is 26.0 Å². The molecule has 1 aromatic heterocycles. The number of hydrogen-bond acceptors (Lipinski definition) is 2. The van der Waals surface area contributed by atoms with E-state index in [1.807, 2.05) is 11.3 Å². The molecule has 82 valence electrons. The molecule has 0 spiro atoms. The number of aryl methyl sites for hydroxylation is 1. The van der Waals surface area contributed by atoms with E-state index < -0.39 is 0 Å². The number of fused-ring (bicyclic) bond motifs is 1. The Morgan fingerprint density at radius 3 is 2.67 bits per heavy atom. The third-order valence-corrected chi connectivity index (χ3v) is 6.33. The molecule has 3 atom stereocenters. The Labute approximate surface area is 103 Å². The van der Waals surface area contributed by atoms with Gasteiger partial charge in [-0.1, -0.05) is 6.42 Å². The molecule has 0 amide bonds. The molecule has 2 aliphatic rings. The number of halogens is 1. The van der Waals surface area contributed by atoms with Gasteiger partial charge in [-0.15, -0.1) is 11.3 Å². The van der Waals surface area contributed by atoms with Crippen LogP contribution in [-0.4, -0.2) is 0 Å². The van der Waals surface area contributed by atoms with Crippen molar-refractivity contribution in [2.24, 2.45) is 23.5 Å². The lowest BCUT2D eigenvalue weighted by Crippen LogP contribution is -2.13. The van der Waals surface area contributed by atoms with Gasteiger partial charge in [-0.3, -0.25) is 0 Å². The molecule has 3 unspecified atom stereocenters. The lowest BCUT2D eigenvalue weighted by molar-refractivity contribution is 0.507. The molecule has 3 heteroatoms. The fourth-order valence-electron chi connectivity index (χ4n) is 3.25. The van der Waals surface area contributed by atoms with Crippen LogP contribution in [0.4, 0.5) is 0 Å². The van der Waals surface area contributed by atoms with Crippen molar-refractivity contribution < 1.29 is 0 Å². The smallest absolute Gasteiger partial charge is 0.0731 e. The van der Waals surface area contributed by atoms with Gasteiger partial charge in [0.1, 0.15) is 0 Å². The van der Waals surface area contributed by atoms with Crippen LogP contribution in [0.1, 0.15) is 35.7 Å². The SMILES string of the molecule is Cc1cc(C(N)C2C3CCCC32)sc1Br. The Morgan fingerprint density at radius 1 is 1.47 bits per heavy atom. The van der Waals surface area contributed by atoms with E-state index in [1.54, 1.807) is 0 Å². The van der Waals surface area contributed by atoms with Gasteiger partial charge >= 0.3 is 0 Å². The van der Waals surface area contributed by atoms with E-state index in [9.17, 15) is 0 Å². The third-order valence-electron chi connectivity index (χ3n) is 4.09. The standard InChI is InChI=1S/C12H16BrNS/c1-6-5-9(15-12(6)13)11(14)10-7-3-2-4-8(7)10/h5,7-8,10-11H,2-4,14H2,1H3. The van der Waals surface area contributed by atoms with Crippen LogP contribution in [0.5, 0.6) is 0 Å². The van der Waals surface area contributed by atoms with Crippen molar-refractivity contribution in [3.63, 3.8) is 0 Å². The first-order valence-corrected chi connectivity index (χ1v) is 7.31.